The van der Waals surface area contributed by atoms with Gasteiger partial charge in [-0.05, 0) is 24.3 Å². The third-order valence-electron chi connectivity index (χ3n) is 2.76. The molecular weight excluding hydrogens is 268 g/mol. The smallest absolute Gasteiger partial charge is 0.195 e. The van der Waals surface area contributed by atoms with Gasteiger partial charge in [0.05, 0.1) is 9.60 Å². The van der Waals surface area contributed by atoms with E-state index in [1.54, 1.807) is 24.3 Å². The minimum absolute atomic E-state index is 0.0911. The van der Waals surface area contributed by atoms with Gasteiger partial charge < -0.3 is 4.55 Å². The first-order valence-electron chi connectivity index (χ1n) is 5.24. The number of hydrogen-bond acceptors (Lipinski definition) is 3. The maximum Gasteiger partial charge on any atom is 0.195 e. The van der Waals surface area contributed by atoms with Crippen LogP contribution in [0.4, 0.5) is 0 Å². The fourth-order valence-electron chi connectivity index (χ4n) is 1.94. The van der Waals surface area contributed by atoms with Gasteiger partial charge in [0.15, 0.2) is 16.5 Å². The summed E-state index contributed by atoms with van der Waals surface area (Å²) in [5, 5.41) is 1.15. The topological polar surface area (TPSA) is 54.4 Å². The third-order valence-corrected chi connectivity index (χ3v) is 4.82. The van der Waals surface area contributed by atoms with E-state index in [-0.39, 0.29) is 5.43 Å². The van der Waals surface area contributed by atoms with Gasteiger partial charge in [0.1, 0.15) is 0 Å². The van der Waals surface area contributed by atoms with Crippen LogP contribution < -0.4 is 5.43 Å². The van der Waals surface area contributed by atoms with E-state index in [1.807, 2.05) is 18.2 Å². The molecule has 1 atom stereocenters. The molecule has 0 saturated heterocycles. The minimum atomic E-state index is -2.08. The summed E-state index contributed by atoms with van der Waals surface area (Å²) in [5.41, 5.74) is -0.0911. The lowest BCUT2D eigenvalue weighted by Gasteiger charge is -2.03. The lowest BCUT2D eigenvalue weighted by Crippen LogP contribution is -2.02. The summed E-state index contributed by atoms with van der Waals surface area (Å²) in [4.78, 5) is 12.6. The molecule has 0 spiro atoms. The Morgan fingerprint density at radius 1 is 1.00 bits per heavy atom. The van der Waals surface area contributed by atoms with E-state index in [0.717, 1.165) is 4.70 Å². The standard InChI is InChI=1S/C13H8O3S2/c14-12-8-4-1-2-6-10(8)17-13-9(12)5-3-7-11(13)18(15)16/h1-7H,(H,15,16). The van der Waals surface area contributed by atoms with Crippen LogP contribution in [-0.2, 0) is 11.1 Å². The Bertz CT molecular complexity index is 836. The predicted molar refractivity (Wildman–Crippen MR) is 74.6 cm³/mol. The van der Waals surface area contributed by atoms with Crippen molar-refractivity contribution >= 4 is 42.6 Å². The molecule has 3 nitrogen and oxygen atoms in total. The average molecular weight is 276 g/mol. The molecule has 1 aromatic heterocycles. The van der Waals surface area contributed by atoms with Gasteiger partial charge in [0, 0.05) is 15.5 Å². The molecule has 0 aliphatic rings. The summed E-state index contributed by atoms with van der Waals surface area (Å²) < 4.78 is 22.0. The summed E-state index contributed by atoms with van der Waals surface area (Å²) in [7, 11) is 0. The Kier molecular flexibility index (Phi) is 2.74. The first kappa shape index (κ1) is 11.5. The Labute approximate surface area is 109 Å². The molecule has 18 heavy (non-hydrogen) atoms. The summed E-state index contributed by atoms with van der Waals surface area (Å²) in [6.07, 6.45) is 0. The van der Waals surface area contributed by atoms with E-state index in [9.17, 15) is 13.6 Å². The fourth-order valence-corrected chi connectivity index (χ4v) is 3.81. The summed E-state index contributed by atoms with van der Waals surface area (Å²) in [6, 6.07) is 12.2. The van der Waals surface area contributed by atoms with Crippen molar-refractivity contribution < 1.29 is 8.76 Å². The van der Waals surface area contributed by atoms with Crippen LogP contribution in [0.15, 0.2) is 52.2 Å². The zero-order valence-electron chi connectivity index (χ0n) is 9.12. The van der Waals surface area contributed by atoms with Gasteiger partial charge in [0.25, 0.3) is 0 Å². The van der Waals surface area contributed by atoms with E-state index < -0.39 is 11.1 Å². The highest BCUT2D eigenvalue weighted by Gasteiger charge is 2.11. The van der Waals surface area contributed by atoms with Crippen LogP contribution >= 0.6 is 11.3 Å². The summed E-state index contributed by atoms with van der Waals surface area (Å²) >= 11 is -0.716. The molecule has 0 amide bonds. The number of benzene rings is 2. The Hall–Kier alpha value is -1.56. The van der Waals surface area contributed by atoms with Crippen molar-refractivity contribution in [3.63, 3.8) is 0 Å². The van der Waals surface area contributed by atoms with Gasteiger partial charge in [-0.2, -0.15) is 0 Å². The second-order valence-electron chi connectivity index (χ2n) is 3.81. The van der Waals surface area contributed by atoms with E-state index in [2.05, 4.69) is 0 Å². The SMILES string of the molecule is O=c1c2ccccc2sc2c(S(=O)O)cccc12. The predicted octanol–water partition coefficient (Wildman–Crippen LogP) is 3.00. The molecular formula is C13H8O3S2. The van der Waals surface area contributed by atoms with Gasteiger partial charge in [-0.15, -0.1) is 11.3 Å². The maximum absolute atomic E-state index is 12.3. The number of hydrogen-bond donors (Lipinski definition) is 1. The zero-order valence-corrected chi connectivity index (χ0v) is 10.8. The summed E-state index contributed by atoms with van der Waals surface area (Å²) in [5.74, 6) is 0. The molecule has 2 aromatic carbocycles. The molecule has 0 saturated carbocycles. The Morgan fingerprint density at radius 2 is 1.72 bits per heavy atom. The molecule has 0 bridgehead atoms. The number of fused-ring (bicyclic) bond motifs is 2. The van der Waals surface area contributed by atoms with E-state index in [4.69, 9.17) is 0 Å². The van der Waals surface area contributed by atoms with E-state index >= 15 is 0 Å². The van der Waals surface area contributed by atoms with E-state index in [0.29, 0.717) is 20.4 Å². The molecule has 1 heterocycles. The molecule has 0 aliphatic heterocycles. The van der Waals surface area contributed by atoms with E-state index in [1.165, 1.54) is 11.3 Å². The monoisotopic (exact) mass is 276 g/mol. The van der Waals surface area contributed by atoms with Crippen molar-refractivity contribution in [1.82, 2.24) is 0 Å². The van der Waals surface area contributed by atoms with Crippen LogP contribution in [0.3, 0.4) is 0 Å². The third kappa shape index (κ3) is 1.68. The van der Waals surface area contributed by atoms with Crippen LogP contribution in [0.5, 0.6) is 0 Å². The van der Waals surface area contributed by atoms with Crippen molar-refractivity contribution in [3.05, 3.63) is 52.7 Å². The lowest BCUT2D eigenvalue weighted by atomic mass is 10.2. The van der Waals surface area contributed by atoms with Gasteiger partial charge in [-0.3, -0.25) is 4.79 Å². The molecule has 1 N–H and O–H groups in total. The molecule has 3 rings (SSSR count). The van der Waals surface area contributed by atoms with Crippen LogP contribution in [0.1, 0.15) is 0 Å². The highest BCUT2D eigenvalue weighted by atomic mass is 32.2. The van der Waals surface area contributed by atoms with Gasteiger partial charge >= 0.3 is 0 Å². The second-order valence-corrected chi connectivity index (χ2v) is 5.80. The average Bonchev–Trinajstić information content (AvgIpc) is 2.38. The normalized spacial score (nSPS) is 12.9. The van der Waals surface area contributed by atoms with Gasteiger partial charge in [-0.1, -0.05) is 18.2 Å². The molecule has 0 radical (unpaired) electrons. The van der Waals surface area contributed by atoms with Crippen LogP contribution in [0.25, 0.3) is 20.2 Å². The van der Waals surface area contributed by atoms with Crippen molar-refractivity contribution in [2.24, 2.45) is 0 Å². The van der Waals surface area contributed by atoms with Crippen molar-refractivity contribution in [2.45, 2.75) is 4.90 Å². The molecule has 90 valence electrons. The summed E-state index contributed by atoms with van der Waals surface area (Å²) in [6.45, 7) is 0. The molecule has 0 aliphatic carbocycles. The van der Waals surface area contributed by atoms with Gasteiger partial charge in [0.2, 0.25) is 0 Å². The van der Waals surface area contributed by atoms with Crippen molar-refractivity contribution in [2.75, 3.05) is 0 Å². The van der Waals surface area contributed by atoms with Crippen LogP contribution in [-0.4, -0.2) is 8.76 Å². The van der Waals surface area contributed by atoms with Gasteiger partial charge in [-0.25, -0.2) is 4.21 Å². The molecule has 0 fully saturated rings. The highest BCUT2D eigenvalue weighted by molar-refractivity contribution is 7.79. The lowest BCUT2D eigenvalue weighted by molar-refractivity contribution is 0.565. The zero-order chi connectivity index (χ0) is 12.7. The highest BCUT2D eigenvalue weighted by Crippen LogP contribution is 2.28. The quantitative estimate of drug-likeness (QED) is 0.549. The number of rotatable bonds is 1. The van der Waals surface area contributed by atoms with Crippen LogP contribution in [0.2, 0.25) is 0 Å². The van der Waals surface area contributed by atoms with Crippen molar-refractivity contribution in [3.8, 4) is 0 Å². The first-order chi connectivity index (χ1) is 8.68. The minimum Gasteiger partial charge on any atom is -0.302 e. The van der Waals surface area contributed by atoms with Crippen molar-refractivity contribution in [1.29, 1.82) is 0 Å². The maximum atomic E-state index is 12.3. The Balaban J connectivity index is 2.60. The molecule has 3 aromatic rings. The molecule has 1 unspecified atom stereocenters. The second kappa shape index (κ2) is 4.28. The largest absolute Gasteiger partial charge is 0.302 e. The molecule has 5 heteroatoms. The fraction of sp³-hybridized carbons (Fsp3) is 0. The van der Waals surface area contributed by atoms with Crippen LogP contribution in [0, 0.1) is 0 Å². The Morgan fingerprint density at radius 3 is 2.50 bits per heavy atom. The first-order valence-corrected chi connectivity index (χ1v) is 7.16.